The maximum atomic E-state index is 11.4. The standard InChI is InChI=1S/C24H30N4O5/c1-27-11-13-28(14-12-27)19-5-7-20(8-6-19)32-17-22(26-33-23-4-2-3-15-31-23)21-16-18(24(29)30)9-10-25-21/h5-10,16,23H,2-4,11-15,17H2,1H3,(H,29,30)/b26-22+. The lowest BCUT2D eigenvalue weighted by Gasteiger charge is -2.34. The topological polar surface area (TPSA) is 96.7 Å². The number of aromatic carboxylic acids is 1. The maximum absolute atomic E-state index is 11.4. The van der Waals surface area contributed by atoms with Gasteiger partial charge in [0.2, 0.25) is 6.29 Å². The molecule has 0 spiro atoms. The van der Waals surface area contributed by atoms with E-state index in [0.717, 1.165) is 51.1 Å². The van der Waals surface area contributed by atoms with Gasteiger partial charge in [0.1, 0.15) is 18.1 Å². The zero-order valence-corrected chi connectivity index (χ0v) is 18.9. The average molecular weight is 455 g/mol. The van der Waals surface area contributed by atoms with Crippen LogP contribution in [0, 0.1) is 0 Å². The first-order chi connectivity index (χ1) is 16.1. The number of hydrogen-bond acceptors (Lipinski definition) is 8. The van der Waals surface area contributed by atoms with E-state index in [1.54, 1.807) is 0 Å². The van der Waals surface area contributed by atoms with Gasteiger partial charge in [-0.3, -0.25) is 4.98 Å². The van der Waals surface area contributed by atoms with E-state index in [-0.39, 0.29) is 12.2 Å². The molecule has 1 atom stereocenters. The molecular weight excluding hydrogens is 424 g/mol. The van der Waals surface area contributed by atoms with Crippen LogP contribution in [0.3, 0.4) is 0 Å². The molecule has 1 aromatic heterocycles. The minimum Gasteiger partial charge on any atom is -0.487 e. The molecule has 2 fully saturated rings. The van der Waals surface area contributed by atoms with Gasteiger partial charge in [-0.2, -0.15) is 0 Å². The number of oxime groups is 1. The highest BCUT2D eigenvalue weighted by atomic mass is 16.8. The lowest BCUT2D eigenvalue weighted by Crippen LogP contribution is -2.44. The van der Waals surface area contributed by atoms with Crippen LogP contribution in [0.2, 0.25) is 0 Å². The molecule has 2 aromatic rings. The predicted octanol–water partition coefficient (Wildman–Crippen LogP) is 2.86. The fourth-order valence-corrected chi connectivity index (χ4v) is 3.75. The molecule has 33 heavy (non-hydrogen) atoms. The third-order valence-corrected chi connectivity index (χ3v) is 5.80. The quantitative estimate of drug-likeness (QED) is 0.481. The Bertz CT molecular complexity index is 952. The van der Waals surface area contributed by atoms with Crippen LogP contribution in [-0.2, 0) is 9.57 Å². The number of nitrogens with zero attached hydrogens (tertiary/aromatic N) is 4. The van der Waals surface area contributed by atoms with E-state index in [1.165, 1.54) is 18.3 Å². The van der Waals surface area contributed by atoms with Gasteiger partial charge in [0.05, 0.1) is 17.9 Å². The number of ether oxygens (including phenoxy) is 2. The fourth-order valence-electron chi connectivity index (χ4n) is 3.75. The summed E-state index contributed by atoms with van der Waals surface area (Å²) in [6.45, 7) is 4.81. The second-order valence-electron chi connectivity index (χ2n) is 8.25. The second-order valence-corrected chi connectivity index (χ2v) is 8.25. The number of benzene rings is 1. The normalized spacial score (nSPS) is 19.8. The molecule has 1 N–H and O–H groups in total. The molecule has 9 heteroatoms. The average Bonchev–Trinajstić information content (AvgIpc) is 2.86. The van der Waals surface area contributed by atoms with Crippen molar-refractivity contribution in [3.8, 4) is 5.75 Å². The Balaban J connectivity index is 1.44. The minimum absolute atomic E-state index is 0.0800. The number of piperazine rings is 1. The summed E-state index contributed by atoms with van der Waals surface area (Å²) >= 11 is 0. The first-order valence-electron chi connectivity index (χ1n) is 11.3. The van der Waals surface area contributed by atoms with Gasteiger partial charge in [0.15, 0.2) is 0 Å². The van der Waals surface area contributed by atoms with Crippen molar-refractivity contribution in [1.82, 2.24) is 9.88 Å². The van der Waals surface area contributed by atoms with Crippen LogP contribution in [0.25, 0.3) is 0 Å². The molecule has 2 aliphatic rings. The van der Waals surface area contributed by atoms with Crippen molar-refractivity contribution in [2.45, 2.75) is 25.6 Å². The number of carboxylic acid groups (broad SMARTS) is 1. The van der Waals surface area contributed by atoms with Crippen molar-refractivity contribution in [3.05, 3.63) is 53.9 Å². The number of carboxylic acids is 1. The molecule has 2 saturated heterocycles. The molecular formula is C24H30N4O5. The van der Waals surface area contributed by atoms with Crippen molar-refractivity contribution < 1.29 is 24.2 Å². The zero-order valence-electron chi connectivity index (χ0n) is 18.9. The zero-order chi connectivity index (χ0) is 23.0. The molecule has 0 amide bonds. The third-order valence-electron chi connectivity index (χ3n) is 5.80. The van der Waals surface area contributed by atoms with Gasteiger partial charge in [-0.15, -0.1) is 0 Å². The first-order valence-corrected chi connectivity index (χ1v) is 11.3. The van der Waals surface area contributed by atoms with E-state index in [2.05, 4.69) is 27.0 Å². The van der Waals surface area contributed by atoms with Crippen LogP contribution in [0.15, 0.2) is 47.8 Å². The molecule has 1 aromatic carbocycles. The highest BCUT2D eigenvalue weighted by Gasteiger charge is 2.18. The minimum atomic E-state index is -1.03. The van der Waals surface area contributed by atoms with Crippen molar-refractivity contribution in [2.24, 2.45) is 5.16 Å². The summed E-state index contributed by atoms with van der Waals surface area (Å²) in [6, 6.07) is 10.9. The van der Waals surface area contributed by atoms with E-state index >= 15 is 0 Å². The van der Waals surface area contributed by atoms with Crippen LogP contribution in [0.5, 0.6) is 5.75 Å². The Morgan fingerprint density at radius 1 is 1.18 bits per heavy atom. The van der Waals surface area contributed by atoms with Crippen molar-refractivity contribution in [2.75, 3.05) is 51.3 Å². The number of aromatic nitrogens is 1. The number of likely N-dealkylation sites (N-methyl/N-ethyl adjacent to an activating group) is 1. The van der Waals surface area contributed by atoms with Gasteiger partial charge < -0.3 is 29.2 Å². The Labute approximate surface area is 193 Å². The summed E-state index contributed by atoms with van der Waals surface area (Å²) in [5.74, 6) is -0.348. The fraction of sp³-hybridized carbons (Fsp3) is 0.458. The molecule has 0 aliphatic carbocycles. The maximum Gasteiger partial charge on any atom is 0.335 e. The van der Waals surface area contributed by atoms with Crippen LogP contribution in [-0.4, -0.2) is 79.4 Å². The lowest BCUT2D eigenvalue weighted by atomic mass is 10.2. The number of pyridine rings is 1. The number of hydrogen-bond donors (Lipinski definition) is 1. The van der Waals surface area contributed by atoms with E-state index in [1.807, 2.05) is 24.3 Å². The van der Waals surface area contributed by atoms with Crippen LogP contribution >= 0.6 is 0 Å². The van der Waals surface area contributed by atoms with E-state index in [0.29, 0.717) is 23.8 Å². The van der Waals surface area contributed by atoms with Gasteiger partial charge in [-0.1, -0.05) is 5.16 Å². The molecule has 0 saturated carbocycles. The van der Waals surface area contributed by atoms with Crippen molar-refractivity contribution >= 4 is 17.4 Å². The Hall–Kier alpha value is -3.17. The Kier molecular flexibility index (Phi) is 7.74. The largest absolute Gasteiger partial charge is 0.487 e. The highest BCUT2D eigenvalue weighted by Crippen LogP contribution is 2.21. The van der Waals surface area contributed by atoms with Gasteiger partial charge in [0, 0.05) is 44.5 Å². The molecule has 9 nitrogen and oxygen atoms in total. The van der Waals surface area contributed by atoms with Gasteiger partial charge in [-0.05, 0) is 56.3 Å². The van der Waals surface area contributed by atoms with Gasteiger partial charge >= 0.3 is 5.97 Å². The van der Waals surface area contributed by atoms with E-state index in [9.17, 15) is 9.90 Å². The van der Waals surface area contributed by atoms with E-state index in [4.69, 9.17) is 14.3 Å². The summed E-state index contributed by atoms with van der Waals surface area (Å²) in [5, 5.41) is 13.6. The third kappa shape index (κ3) is 6.43. The predicted molar refractivity (Wildman–Crippen MR) is 124 cm³/mol. The number of anilines is 1. The molecule has 3 heterocycles. The van der Waals surface area contributed by atoms with Crippen molar-refractivity contribution in [1.29, 1.82) is 0 Å². The van der Waals surface area contributed by atoms with Gasteiger partial charge in [-0.25, -0.2) is 4.79 Å². The number of carbonyl (C=O) groups is 1. The molecule has 0 radical (unpaired) electrons. The summed E-state index contributed by atoms with van der Waals surface area (Å²) in [6.07, 6.45) is 3.80. The smallest absolute Gasteiger partial charge is 0.335 e. The van der Waals surface area contributed by atoms with Crippen LogP contribution in [0.4, 0.5) is 5.69 Å². The molecule has 176 valence electrons. The number of rotatable bonds is 8. The molecule has 2 aliphatic heterocycles. The van der Waals surface area contributed by atoms with Crippen LogP contribution in [0.1, 0.15) is 35.3 Å². The summed E-state index contributed by atoms with van der Waals surface area (Å²) in [4.78, 5) is 25.9. The Morgan fingerprint density at radius 2 is 1.97 bits per heavy atom. The van der Waals surface area contributed by atoms with E-state index < -0.39 is 12.3 Å². The lowest BCUT2D eigenvalue weighted by molar-refractivity contribution is -0.162. The second kappa shape index (κ2) is 11.1. The Morgan fingerprint density at radius 3 is 2.67 bits per heavy atom. The van der Waals surface area contributed by atoms with Crippen molar-refractivity contribution in [3.63, 3.8) is 0 Å². The van der Waals surface area contributed by atoms with Gasteiger partial charge in [0.25, 0.3) is 0 Å². The SMILES string of the molecule is CN1CCN(c2ccc(OC/C(=N\OC3CCCCO3)c3cc(C(=O)O)ccn3)cc2)CC1. The summed E-state index contributed by atoms with van der Waals surface area (Å²) in [7, 11) is 2.14. The molecule has 1 unspecified atom stereocenters. The highest BCUT2D eigenvalue weighted by molar-refractivity contribution is 6.01. The summed E-state index contributed by atoms with van der Waals surface area (Å²) in [5.41, 5.74) is 2.08. The monoisotopic (exact) mass is 454 g/mol. The first kappa shape index (κ1) is 23.0. The molecule has 4 rings (SSSR count). The summed E-state index contributed by atoms with van der Waals surface area (Å²) < 4.78 is 11.5. The van der Waals surface area contributed by atoms with Crippen LogP contribution < -0.4 is 9.64 Å². The molecule has 0 bridgehead atoms.